The van der Waals surface area contributed by atoms with Crippen molar-refractivity contribution in [2.24, 2.45) is 5.92 Å². The first kappa shape index (κ1) is 12.3. The first-order chi connectivity index (χ1) is 7.93. The van der Waals surface area contributed by atoms with Crippen molar-refractivity contribution >= 4 is 11.9 Å². The van der Waals surface area contributed by atoms with E-state index in [1.807, 2.05) is 0 Å². The summed E-state index contributed by atoms with van der Waals surface area (Å²) in [7, 11) is 2.11. The first-order valence-corrected chi connectivity index (χ1v) is 6.52. The van der Waals surface area contributed by atoms with Gasteiger partial charge < -0.3 is 4.58 Å². The number of benzene rings is 1. The molecule has 0 atom stereocenters. The smallest absolute Gasteiger partial charge is 0.105 e. The van der Waals surface area contributed by atoms with Gasteiger partial charge in [0.1, 0.15) is 7.05 Å². The maximum absolute atomic E-state index is 3.41. The standard InChI is InChI=1S/C16H23N/c1-10(2)9-15-11(3)12(4)16-14(13(15)5)7-8-17(16)6/h10H,7,9H2,1-6H3. The second-order valence-electron chi connectivity index (χ2n) is 5.67. The molecule has 1 aliphatic rings. The highest BCUT2D eigenvalue weighted by molar-refractivity contribution is 5.72. The van der Waals surface area contributed by atoms with Crippen LogP contribution in [-0.4, -0.2) is 17.8 Å². The van der Waals surface area contributed by atoms with Gasteiger partial charge in [-0.15, -0.1) is 0 Å². The normalized spacial score (nSPS) is 14.2. The summed E-state index contributed by atoms with van der Waals surface area (Å²) >= 11 is 0. The second-order valence-corrected chi connectivity index (χ2v) is 5.67. The average Bonchev–Trinajstić information content (AvgIpc) is 2.63. The van der Waals surface area contributed by atoms with Crippen molar-refractivity contribution in [1.82, 2.24) is 0 Å². The van der Waals surface area contributed by atoms with E-state index in [2.05, 4.69) is 52.5 Å². The van der Waals surface area contributed by atoms with Crippen molar-refractivity contribution in [3.8, 4) is 0 Å². The van der Waals surface area contributed by atoms with E-state index in [1.54, 1.807) is 5.56 Å². The fourth-order valence-corrected chi connectivity index (χ4v) is 2.93. The summed E-state index contributed by atoms with van der Waals surface area (Å²) < 4.78 is 2.17. The van der Waals surface area contributed by atoms with Crippen molar-refractivity contribution in [1.29, 1.82) is 0 Å². The van der Waals surface area contributed by atoms with Crippen molar-refractivity contribution in [2.45, 2.75) is 47.5 Å². The van der Waals surface area contributed by atoms with E-state index >= 15 is 0 Å². The van der Waals surface area contributed by atoms with Gasteiger partial charge in [-0.1, -0.05) is 43.0 Å². The van der Waals surface area contributed by atoms with E-state index in [0.29, 0.717) is 0 Å². The maximum Gasteiger partial charge on any atom is 0.105 e. The molecule has 0 amide bonds. The van der Waals surface area contributed by atoms with Crippen LogP contribution >= 0.6 is 0 Å². The summed E-state index contributed by atoms with van der Waals surface area (Å²) in [6, 6.07) is 0. The molecule has 0 spiro atoms. The average molecular weight is 229 g/mol. The molecule has 1 aromatic carbocycles. The molecular weight excluding hydrogens is 206 g/mol. The molecule has 1 aliphatic heterocycles. The van der Waals surface area contributed by atoms with Gasteiger partial charge >= 0.3 is 0 Å². The van der Waals surface area contributed by atoms with Gasteiger partial charge in [0.2, 0.25) is 0 Å². The fourth-order valence-electron chi connectivity index (χ4n) is 2.93. The van der Waals surface area contributed by atoms with Crippen LogP contribution in [0.3, 0.4) is 0 Å². The van der Waals surface area contributed by atoms with Gasteiger partial charge in [0.25, 0.3) is 0 Å². The zero-order chi connectivity index (χ0) is 12.7. The Morgan fingerprint density at radius 3 is 2.35 bits per heavy atom. The van der Waals surface area contributed by atoms with Crippen LogP contribution in [0.15, 0.2) is 0 Å². The lowest BCUT2D eigenvalue weighted by molar-refractivity contribution is -0.397. The Labute approximate surface area is 105 Å². The molecule has 0 fully saturated rings. The largest absolute Gasteiger partial charge is 0.366 e. The summed E-state index contributed by atoms with van der Waals surface area (Å²) in [5.41, 5.74) is 8.86. The van der Waals surface area contributed by atoms with Crippen LogP contribution in [-0.2, 0) is 12.8 Å². The van der Waals surface area contributed by atoms with Gasteiger partial charge in [0.05, 0.1) is 5.69 Å². The minimum atomic E-state index is 0.719. The molecule has 92 valence electrons. The predicted molar refractivity (Wildman–Crippen MR) is 73.8 cm³/mol. The Balaban J connectivity index is 2.63. The molecule has 0 aliphatic carbocycles. The molecular formula is C16H23N. The first-order valence-electron chi connectivity index (χ1n) is 6.52. The van der Waals surface area contributed by atoms with Crippen LogP contribution in [0.2, 0.25) is 0 Å². The third kappa shape index (κ3) is 1.92. The zero-order valence-corrected chi connectivity index (χ0v) is 11.9. The summed E-state index contributed by atoms with van der Waals surface area (Å²) in [6.45, 7) is 11.4. The molecule has 0 saturated heterocycles. The fraction of sp³-hybridized carbons (Fsp3) is 0.562. The molecule has 1 heteroatoms. The Bertz CT molecular complexity index is 493. The second kappa shape index (κ2) is 4.29. The number of hydrogen-bond donors (Lipinski definition) is 0. The summed E-state index contributed by atoms with van der Waals surface area (Å²) in [6.07, 6.45) is 5.57. The molecule has 1 heterocycles. The van der Waals surface area contributed by atoms with Gasteiger partial charge in [-0.05, 0) is 38.2 Å². The van der Waals surface area contributed by atoms with Gasteiger partial charge in [-0.2, -0.15) is 0 Å². The summed E-state index contributed by atoms with van der Waals surface area (Å²) in [5, 5.41) is 0. The molecule has 0 N–H and O–H groups in total. The minimum absolute atomic E-state index is 0.719. The van der Waals surface area contributed by atoms with E-state index in [4.69, 9.17) is 0 Å². The molecule has 0 bridgehead atoms. The quantitative estimate of drug-likeness (QED) is 0.538. The molecule has 1 nitrogen and oxygen atoms in total. The van der Waals surface area contributed by atoms with Crippen LogP contribution in [0, 0.1) is 26.7 Å². The highest BCUT2D eigenvalue weighted by Crippen LogP contribution is 2.36. The van der Waals surface area contributed by atoms with Crippen molar-refractivity contribution in [3.05, 3.63) is 27.8 Å². The van der Waals surface area contributed by atoms with Crippen molar-refractivity contribution in [2.75, 3.05) is 7.05 Å². The third-order valence-electron chi connectivity index (χ3n) is 4.00. The molecule has 17 heavy (non-hydrogen) atoms. The molecule has 0 radical (unpaired) electrons. The zero-order valence-electron chi connectivity index (χ0n) is 11.9. The van der Waals surface area contributed by atoms with Gasteiger partial charge in [0, 0.05) is 6.21 Å². The van der Waals surface area contributed by atoms with E-state index in [0.717, 1.165) is 12.3 Å². The minimum Gasteiger partial charge on any atom is -0.366 e. The van der Waals surface area contributed by atoms with Crippen molar-refractivity contribution < 1.29 is 4.58 Å². The Morgan fingerprint density at radius 1 is 1.12 bits per heavy atom. The topological polar surface area (TPSA) is 3.01 Å². The Kier molecular flexibility index (Phi) is 3.11. The van der Waals surface area contributed by atoms with Gasteiger partial charge in [-0.3, -0.25) is 0 Å². The van der Waals surface area contributed by atoms with E-state index < -0.39 is 0 Å². The van der Waals surface area contributed by atoms with Gasteiger partial charge in [0.15, 0.2) is 0 Å². The van der Waals surface area contributed by atoms with E-state index in [-0.39, 0.29) is 0 Å². The highest BCUT2D eigenvalue weighted by Gasteiger charge is 2.19. The Morgan fingerprint density at radius 2 is 1.76 bits per heavy atom. The molecule has 0 saturated carbocycles. The van der Waals surface area contributed by atoms with Gasteiger partial charge in [-0.25, -0.2) is 0 Å². The van der Waals surface area contributed by atoms with Crippen LogP contribution in [0.4, 0.5) is 5.69 Å². The molecule has 0 aromatic heterocycles. The number of nitrogens with zero attached hydrogens (tertiary/aromatic N) is 1. The maximum atomic E-state index is 3.41. The van der Waals surface area contributed by atoms with Crippen LogP contribution in [0.1, 0.15) is 41.7 Å². The number of fused-ring (bicyclic) bond motifs is 1. The summed E-state index contributed by atoms with van der Waals surface area (Å²) in [4.78, 5) is 0. The van der Waals surface area contributed by atoms with Crippen LogP contribution in [0.5, 0.6) is 0 Å². The lowest BCUT2D eigenvalue weighted by Gasteiger charge is -2.22. The highest BCUT2D eigenvalue weighted by atomic mass is 15.0. The summed E-state index contributed by atoms with van der Waals surface area (Å²) in [5.74, 6) is 0.719. The lowest BCUT2D eigenvalue weighted by atomic mass is 9.87. The van der Waals surface area contributed by atoms with E-state index in [1.165, 1.54) is 34.4 Å². The molecule has 2 rings (SSSR count). The van der Waals surface area contributed by atoms with E-state index in [9.17, 15) is 0 Å². The Hall–Kier alpha value is -1.11. The van der Waals surface area contributed by atoms with Crippen molar-refractivity contribution in [3.63, 3.8) is 0 Å². The lowest BCUT2D eigenvalue weighted by Crippen LogP contribution is -2.06. The van der Waals surface area contributed by atoms with Crippen LogP contribution < -0.4 is 0 Å². The molecule has 0 unspecified atom stereocenters. The third-order valence-corrected chi connectivity index (χ3v) is 4.00. The number of rotatable bonds is 2. The SMILES string of the molecule is Cc1c(C)c2c(c(C)c1CC(C)C)C[C-]=[N+]2C. The monoisotopic (exact) mass is 229 g/mol. The predicted octanol–water partition coefficient (Wildman–Crippen LogP) is 3.59. The molecule has 1 aromatic rings. The number of hydrogen-bond acceptors (Lipinski definition) is 0. The van der Waals surface area contributed by atoms with Crippen LogP contribution in [0.25, 0.3) is 0 Å².